The van der Waals surface area contributed by atoms with Gasteiger partial charge < -0.3 is 33.9 Å². The summed E-state index contributed by atoms with van der Waals surface area (Å²) in [7, 11) is 0. The quantitative estimate of drug-likeness (QED) is 0.379. The second-order valence-electron chi connectivity index (χ2n) is 0.316. The van der Waals surface area contributed by atoms with E-state index >= 15 is 0 Å². The molecule has 0 aromatic rings. The molecule has 0 amide bonds. The zero-order chi connectivity index (χ0) is 14.7. The van der Waals surface area contributed by atoms with Gasteiger partial charge in [-0.1, -0.05) is 0 Å². The van der Waals surface area contributed by atoms with E-state index in [0.29, 0.717) is 0 Å². The molecular weight excluding hydrogens is 392 g/mol. The maximum Gasteiger partial charge on any atom is 0.0402 e. The van der Waals surface area contributed by atoms with Crippen LogP contribution in [0.15, 0.2) is 0 Å². The molecule has 0 heterocycles. The van der Waals surface area contributed by atoms with Crippen LogP contribution in [-0.2, 0) is 49.8 Å². The van der Waals surface area contributed by atoms with E-state index in [9.17, 15) is 0 Å². The molecule has 0 aliphatic rings. The van der Waals surface area contributed by atoms with E-state index in [2.05, 4.69) is 40.7 Å². The average Bonchev–Trinajstić information content (AvgIpc) is 2.44. The summed E-state index contributed by atoms with van der Waals surface area (Å²) in [5.41, 5.74) is 0. The molecule has 7 nitrogen and oxygen atoms in total. The minimum absolute atomic E-state index is 0. The summed E-state index contributed by atoms with van der Waals surface area (Å²) in [6, 6.07) is 0. The van der Waals surface area contributed by atoms with Crippen LogP contribution in [0.4, 0.5) is 0 Å². The van der Waals surface area contributed by atoms with Crippen LogP contribution < -0.4 is 0 Å². The molecular formula is C8H12O7W-6. The summed E-state index contributed by atoms with van der Waals surface area (Å²) in [6.07, 6.45) is 0. The summed E-state index contributed by atoms with van der Waals surface area (Å²) < 4.78 is 0. The Morgan fingerprint density at radius 3 is 0.625 bits per heavy atom. The predicted molar refractivity (Wildman–Crippen MR) is 53.3 cm³/mol. The number of carbonyl (C=O) groups excluding carboxylic acids is 6. The molecule has 0 radical (unpaired) electrons. The van der Waals surface area contributed by atoms with Crippen molar-refractivity contribution in [2.24, 2.45) is 0 Å². The van der Waals surface area contributed by atoms with E-state index in [1.54, 1.807) is 6.92 Å². The van der Waals surface area contributed by atoms with Gasteiger partial charge in [0.15, 0.2) is 0 Å². The van der Waals surface area contributed by atoms with Crippen LogP contribution in [0.3, 0.4) is 0 Å². The Kier molecular flexibility index (Phi) is 76800. The van der Waals surface area contributed by atoms with Gasteiger partial charge in [0.1, 0.15) is 0 Å². The Morgan fingerprint density at radius 1 is 0.625 bits per heavy atom. The van der Waals surface area contributed by atoms with Crippen molar-refractivity contribution in [3.05, 3.63) is 0 Å². The normalized spacial score (nSPS) is 2.62. The molecule has 0 fully saturated rings. The molecule has 0 aromatic heterocycles. The van der Waals surface area contributed by atoms with Crippen LogP contribution >= 0.6 is 0 Å². The molecule has 0 unspecified atom stereocenters. The summed E-state index contributed by atoms with van der Waals surface area (Å²) in [4.78, 5) is 46.5. The first-order valence-electron chi connectivity index (χ1n) is 2.44. The maximum absolute atomic E-state index is 7.75. The number of hydrogen-bond donors (Lipinski definition) is 1. The number of hydrogen-bond acceptors (Lipinski definition) is 7. The third-order valence-electron chi connectivity index (χ3n) is 0. The van der Waals surface area contributed by atoms with Gasteiger partial charge >= 0.3 is 0 Å². The molecule has 16 heavy (non-hydrogen) atoms. The van der Waals surface area contributed by atoms with Crippen LogP contribution in [0.25, 0.3) is 0 Å². The summed E-state index contributed by atoms with van der Waals surface area (Å²) in [5, 5.41) is 7.57. The van der Waals surface area contributed by atoms with E-state index in [0.717, 1.165) is 0 Å². The Bertz CT molecular complexity index is 44.1. The number of rotatable bonds is 0. The van der Waals surface area contributed by atoms with Crippen molar-refractivity contribution >= 4 is 40.7 Å². The zero-order valence-electron chi connectivity index (χ0n) is 8.48. The molecule has 1 N–H and O–H groups in total. The molecule has 0 aromatic carbocycles. The molecule has 0 saturated heterocycles. The van der Waals surface area contributed by atoms with Gasteiger partial charge in [0.2, 0.25) is 0 Å². The number of aliphatic hydroxyl groups is 1. The van der Waals surface area contributed by atoms with Crippen molar-refractivity contribution in [3.63, 3.8) is 0 Å². The van der Waals surface area contributed by atoms with Crippen LogP contribution in [0.1, 0.15) is 6.92 Å². The first-order valence-corrected chi connectivity index (χ1v) is 2.44. The van der Waals surface area contributed by atoms with Gasteiger partial charge in [-0.2, -0.15) is 0 Å². The summed E-state index contributed by atoms with van der Waals surface area (Å²) in [5.74, 6) is 0. The van der Waals surface area contributed by atoms with Gasteiger partial charge in [0.25, 0.3) is 0 Å². The molecule has 0 bridgehead atoms. The van der Waals surface area contributed by atoms with Gasteiger partial charge in [-0.15, -0.1) is 0 Å². The smallest absolute Gasteiger partial charge is 0.0402 e. The molecule has 0 atom stereocenters. The average molecular weight is 404 g/mol. The largest absolute Gasteiger partial charge is 0.545 e. The van der Waals surface area contributed by atoms with Crippen molar-refractivity contribution in [2.75, 3.05) is 6.61 Å². The minimum atomic E-state index is 0. The fourth-order valence-electron chi connectivity index (χ4n) is 0. The summed E-state index contributed by atoms with van der Waals surface area (Å²) in [6.45, 7) is 21.4. The molecule has 0 aliphatic carbocycles. The third kappa shape index (κ3) is 973. The second kappa shape index (κ2) is 19900. The molecule has 0 aliphatic heterocycles. The van der Waals surface area contributed by atoms with Crippen LogP contribution in [0, 0.1) is 0 Å². The van der Waals surface area contributed by atoms with Gasteiger partial charge in [0.05, 0.1) is 0 Å². The van der Waals surface area contributed by atoms with Crippen molar-refractivity contribution in [1.29, 1.82) is 0 Å². The predicted octanol–water partition coefficient (Wildman–Crippen LogP) is -1.65. The fourth-order valence-corrected chi connectivity index (χ4v) is 0. The van der Waals surface area contributed by atoms with E-state index in [1.165, 1.54) is 0 Å². The topological polar surface area (TPSA) is 123 Å². The van der Waals surface area contributed by atoms with E-state index in [-0.39, 0.29) is 27.7 Å². The van der Waals surface area contributed by atoms with Crippen molar-refractivity contribution in [3.8, 4) is 0 Å². The molecule has 8 heteroatoms. The van der Waals surface area contributed by atoms with Crippen LogP contribution in [0.5, 0.6) is 0 Å². The second-order valence-corrected chi connectivity index (χ2v) is 0.316. The minimum Gasteiger partial charge on any atom is -0.545 e. The first-order chi connectivity index (χ1) is 7.41. The molecule has 0 rings (SSSR count). The fraction of sp³-hybridized carbons (Fsp3) is 0.250. The molecule has 0 spiro atoms. The van der Waals surface area contributed by atoms with Crippen molar-refractivity contribution in [1.82, 2.24) is 0 Å². The Balaban J connectivity index is -0.00000000777. The zero-order valence-corrected chi connectivity index (χ0v) is 11.4. The molecule has 98 valence electrons. The maximum atomic E-state index is 7.75. The molecule has 0 saturated carbocycles. The number of aliphatic hydroxyl groups excluding tert-OH is 1. The van der Waals surface area contributed by atoms with Gasteiger partial charge in [-0.3, -0.25) is 40.7 Å². The monoisotopic (exact) mass is 404 g/mol. The standard InChI is InChI=1S/C2H6O.6CHO.W/c1-2-3;6*1-2;/h3H,2H2,1H3;6*1H;/q;6*-1;. The van der Waals surface area contributed by atoms with Gasteiger partial charge in [0, 0.05) is 27.7 Å². The Labute approximate surface area is 109 Å². The van der Waals surface area contributed by atoms with E-state index < -0.39 is 0 Å². The van der Waals surface area contributed by atoms with E-state index in [1.807, 2.05) is 0 Å². The van der Waals surface area contributed by atoms with E-state index in [4.69, 9.17) is 33.9 Å². The van der Waals surface area contributed by atoms with Crippen LogP contribution in [0.2, 0.25) is 0 Å². The Hall–Kier alpha value is -1.33. The van der Waals surface area contributed by atoms with Gasteiger partial charge in [-0.05, 0) is 6.92 Å². The summed E-state index contributed by atoms with van der Waals surface area (Å²) >= 11 is 0. The first kappa shape index (κ1) is 61.6. The third-order valence-corrected chi connectivity index (χ3v) is 0. The van der Waals surface area contributed by atoms with Gasteiger partial charge in [-0.25, -0.2) is 0 Å². The van der Waals surface area contributed by atoms with Crippen molar-refractivity contribution in [2.45, 2.75) is 6.92 Å². The van der Waals surface area contributed by atoms with Crippen molar-refractivity contribution < 1.29 is 54.9 Å². The van der Waals surface area contributed by atoms with Crippen LogP contribution in [-0.4, -0.2) is 52.4 Å². The Morgan fingerprint density at radius 2 is 0.625 bits per heavy atom. The SMILES string of the molecule is CCO.[CH-]=O.[CH-]=O.[CH-]=O.[CH-]=O.[CH-]=O.[CH-]=O.[W].